The summed E-state index contributed by atoms with van der Waals surface area (Å²) < 4.78 is 0. The zero-order chi connectivity index (χ0) is 14.7. The van der Waals surface area contributed by atoms with Crippen LogP contribution in [0.25, 0.3) is 11.3 Å². The zero-order valence-electron chi connectivity index (χ0n) is 11.1. The molecule has 104 valence electrons. The molecular formula is C16H13N3O2. The first-order valence-corrected chi connectivity index (χ1v) is 6.44. The van der Waals surface area contributed by atoms with Gasteiger partial charge in [0.1, 0.15) is 5.75 Å². The van der Waals surface area contributed by atoms with Crippen LogP contribution in [0.1, 0.15) is 10.4 Å². The lowest BCUT2D eigenvalue weighted by Gasteiger charge is -2.07. The van der Waals surface area contributed by atoms with Crippen LogP contribution in [0.2, 0.25) is 0 Å². The van der Waals surface area contributed by atoms with Gasteiger partial charge in [-0.05, 0) is 12.1 Å². The van der Waals surface area contributed by atoms with Crippen molar-refractivity contribution in [3.63, 3.8) is 0 Å². The maximum atomic E-state index is 12.3. The van der Waals surface area contributed by atoms with Gasteiger partial charge in [-0.1, -0.05) is 42.5 Å². The number of rotatable bonds is 3. The van der Waals surface area contributed by atoms with Gasteiger partial charge >= 0.3 is 0 Å². The summed E-state index contributed by atoms with van der Waals surface area (Å²) in [7, 11) is 0. The highest BCUT2D eigenvalue weighted by Gasteiger charge is 2.16. The number of nitrogens with one attached hydrogen (secondary N) is 2. The van der Waals surface area contributed by atoms with E-state index >= 15 is 0 Å². The minimum Gasteiger partial charge on any atom is -0.506 e. The molecule has 0 bridgehead atoms. The van der Waals surface area contributed by atoms with Gasteiger partial charge in [-0.25, -0.2) is 0 Å². The number of phenols is 1. The third kappa shape index (κ3) is 2.62. The highest BCUT2D eigenvalue weighted by atomic mass is 16.3. The Labute approximate surface area is 121 Å². The smallest absolute Gasteiger partial charge is 0.259 e. The van der Waals surface area contributed by atoms with Crippen molar-refractivity contribution >= 4 is 11.6 Å². The van der Waals surface area contributed by atoms with Gasteiger partial charge in [-0.15, -0.1) is 0 Å². The van der Waals surface area contributed by atoms with Gasteiger partial charge in [0.25, 0.3) is 5.91 Å². The van der Waals surface area contributed by atoms with Crippen molar-refractivity contribution in [2.75, 3.05) is 5.32 Å². The Morgan fingerprint density at radius 1 is 1.05 bits per heavy atom. The molecule has 0 unspecified atom stereocenters. The average molecular weight is 279 g/mol. The number of carbonyl (C=O) groups excluding carboxylic acids is 1. The highest BCUT2D eigenvalue weighted by molar-refractivity contribution is 6.08. The molecular weight excluding hydrogens is 266 g/mol. The minimum atomic E-state index is -0.330. The molecule has 5 nitrogen and oxygen atoms in total. The second kappa shape index (κ2) is 5.50. The first-order valence-electron chi connectivity index (χ1n) is 6.44. The van der Waals surface area contributed by atoms with Crippen LogP contribution in [0.5, 0.6) is 5.75 Å². The molecule has 0 fully saturated rings. The second-order valence-electron chi connectivity index (χ2n) is 4.50. The predicted molar refractivity (Wildman–Crippen MR) is 80.1 cm³/mol. The number of para-hydroxylation sites is 2. The molecule has 0 aliphatic heterocycles. The fourth-order valence-corrected chi connectivity index (χ4v) is 2.05. The van der Waals surface area contributed by atoms with Gasteiger partial charge in [0, 0.05) is 5.56 Å². The maximum absolute atomic E-state index is 12.3. The molecule has 0 aliphatic carbocycles. The van der Waals surface area contributed by atoms with Gasteiger partial charge in [-0.2, -0.15) is 5.10 Å². The Morgan fingerprint density at radius 2 is 1.76 bits per heavy atom. The average Bonchev–Trinajstić information content (AvgIpc) is 3.00. The molecule has 0 saturated heterocycles. The molecule has 0 saturated carbocycles. The number of phenolic OH excluding ortho intramolecular Hbond substituents is 1. The number of carbonyl (C=O) groups is 1. The number of nitrogens with zero attached hydrogens (tertiary/aromatic N) is 1. The van der Waals surface area contributed by atoms with Crippen LogP contribution >= 0.6 is 0 Å². The van der Waals surface area contributed by atoms with Gasteiger partial charge in [0.15, 0.2) is 0 Å². The quantitative estimate of drug-likeness (QED) is 0.645. The van der Waals surface area contributed by atoms with E-state index in [1.807, 2.05) is 30.3 Å². The molecule has 0 radical (unpaired) electrons. The summed E-state index contributed by atoms with van der Waals surface area (Å²) in [5.74, 6) is -0.306. The van der Waals surface area contributed by atoms with E-state index in [1.54, 1.807) is 18.2 Å². The minimum absolute atomic E-state index is 0.0237. The van der Waals surface area contributed by atoms with Crippen molar-refractivity contribution in [1.82, 2.24) is 10.2 Å². The number of anilines is 1. The van der Waals surface area contributed by atoms with Gasteiger partial charge in [0.2, 0.25) is 0 Å². The molecule has 2 aromatic carbocycles. The Kier molecular flexibility index (Phi) is 3.39. The Hall–Kier alpha value is -3.08. The number of hydrogen-bond donors (Lipinski definition) is 3. The van der Waals surface area contributed by atoms with E-state index in [0.29, 0.717) is 16.9 Å². The van der Waals surface area contributed by atoms with Crippen molar-refractivity contribution in [3.05, 3.63) is 66.4 Å². The lowest BCUT2D eigenvalue weighted by atomic mass is 10.1. The van der Waals surface area contributed by atoms with Crippen LogP contribution in [0.3, 0.4) is 0 Å². The molecule has 3 aromatic rings. The SMILES string of the molecule is O=C(Nc1ccccc1O)c1cn[nH]c1-c1ccccc1. The number of H-pyrrole nitrogens is 1. The van der Waals surface area contributed by atoms with Gasteiger partial charge in [0.05, 0.1) is 23.1 Å². The van der Waals surface area contributed by atoms with Crippen LogP contribution < -0.4 is 5.32 Å². The van der Waals surface area contributed by atoms with Crippen molar-refractivity contribution < 1.29 is 9.90 Å². The van der Waals surface area contributed by atoms with E-state index in [9.17, 15) is 9.90 Å². The summed E-state index contributed by atoms with van der Waals surface area (Å²) >= 11 is 0. The molecule has 0 spiro atoms. The second-order valence-corrected chi connectivity index (χ2v) is 4.50. The van der Waals surface area contributed by atoms with Gasteiger partial charge < -0.3 is 10.4 Å². The third-order valence-electron chi connectivity index (χ3n) is 3.10. The Morgan fingerprint density at radius 3 is 2.52 bits per heavy atom. The fraction of sp³-hybridized carbons (Fsp3) is 0. The van der Waals surface area contributed by atoms with Crippen molar-refractivity contribution in [2.24, 2.45) is 0 Å². The maximum Gasteiger partial charge on any atom is 0.259 e. The molecule has 1 amide bonds. The van der Waals surface area contributed by atoms with Crippen LogP contribution in [0.15, 0.2) is 60.8 Å². The summed E-state index contributed by atoms with van der Waals surface area (Å²) in [5.41, 5.74) is 2.30. The van der Waals surface area contributed by atoms with Crippen molar-refractivity contribution in [3.8, 4) is 17.0 Å². The number of amides is 1. The van der Waals surface area contributed by atoms with Crippen LogP contribution in [-0.4, -0.2) is 21.2 Å². The summed E-state index contributed by atoms with van der Waals surface area (Å²) in [4.78, 5) is 12.3. The van der Waals surface area contributed by atoms with Crippen LogP contribution in [0.4, 0.5) is 5.69 Å². The van der Waals surface area contributed by atoms with Gasteiger partial charge in [-0.3, -0.25) is 9.89 Å². The van der Waals surface area contributed by atoms with E-state index in [2.05, 4.69) is 15.5 Å². The lowest BCUT2D eigenvalue weighted by molar-refractivity contribution is 0.102. The Balaban J connectivity index is 1.90. The molecule has 0 atom stereocenters. The molecule has 0 aliphatic rings. The fourth-order valence-electron chi connectivity index (χ4n) is 2.05. The van der Waals surface area contributed by atoms with E-state index in [4.69, 9.17) is 0 Å². The molecule has 3 rings (SSSR count). The summed E-state index contributed by atoms with van der Waals surface area (Å²) in [5, 5.41) is 19.1. The largest absolute Gasteiger partial charge is 0.506 e. The van der Waals surface area contributed by atoms with Crippen LogP contribution in [0, 0.1) is 0 Å². The van der Waals surface area contributed by atoms with Crippen LogP contribution in [-0.2, 0) is 0 Å². The number of aromatic hydroxyl groups is 1. The summed E-state index contributed by atoms with van der Waals surface area (Å²) in [6.07, 6.45) is 1.47. The van der Waals surface area contributed by atoms with E-state index in [1.165, 1.54) is 12.3 Å². The number of aromatic nitrogens is 2. The summed E-state index contributed by atoms with van der Waals surface area (Å²) in [6.45, 7) is 0. The normalized spacial score (nSPS) is 10.3. The first-order chi connectivity index (χ1) is 10.3. The van der Waals surface area contributed by atoms with E-state index in [-0.39, 0.29) is 11.7 Å². The molecule has 3 N–H and O–H groups in total. The molecule has 5 heteroatoms. The third-order valence-corrected chi connectivity index (χ3v) is 3.10. The highest BCUT2D eigenvalue weighted by Crippen LogP contribution is 2.25. The number of aromatic amines is 1. The Bertz CT molecular complexity index is 766. The summed E-state index contributed by atoms with van der Waals surface area (Å²) in [6, 6.07) is 16.1. The van der Waals surface area contributed by atoms with E-state index < -0.39 is 0 Å². The standard InChI is InChI=1S/C16H13N3O2/c20-14-9-5-4-8-13(14)18-16(21)12-10-17-19-15(12)11-6-2-1-3-7-11/h1-10,20H,(H,17,19)(H,18,21). The monoisotopic (exact) mass is 279 g/mol. The predicted octanol–water partition coefficient (Wildman–Crippen LogP) is 3.03. The first kappa shape index (κ1) is 12.9. The molecule has 21 heavy (non-hydrogen) atoms. The molecule has 1 aromatic heterocycles. The number of hydrogen-bond acceptors (Lipinski definition) is 3. The van der Waals surface area contributed by atoms with Crippen molar-refractivity contribution in [2.45, 2.75) is 0 Å². The van der Waals surface area contributed by atoms with E-state index in [0.717, 1.165) is 5.56 Å². The number of benzene rings is 2. The van der Waals surface area contributed by atoms with Crippen molar-refractivity contribution in [1.29, 1.82) is 0 Å². The molecule has 1 heterocycles. The zero-order valence-corrected chi connectivity index (χ0v) is 11.1. The lowest BCUT2D eigenvalue weighted by Crippen LogP contribution is -2.12. The topological polar surface area (TPSA) is 78.0 Å².